The Morgan fingerprint density at radius 3 is 2.21 bits per heavy atom. The molecule has 68 heavy (non-hydrogen) atoms. The van der Waals surface area contributed by atoms with E-state index >= 15 is 0 Å². The number of aliphatic imine (C=N–C) groups is 2. The standard InChI is InChI=1S/C63H50N4S/c1-4-17-44(5-2)45-28-30-47(31-29-45)56(65-42-43-18-8-6-9-19-43)41-55(64-3)50-21-16-24-52(38-50)67-57-35-33-48(39-54(57)63-53-25-13-12-20-46(53)32-36-59(63)67)49-34-37-62-60(40-49)66(51-22-10-7-11-23-51)58-26-14-15-27-61(58)68-62/h4-14,16-26,28-41H,3,15,27,42H2,1-2H3/b17-4-,44-5+,55-41-,65-56?. The maximum absolute atomic E-state index is 5.20. The van der Waals surface area contributed by atoms with Gasteiger partial charge in [0.05, 0.1) is 40.4 Å². The van der Waals surface area contributed by atoms with Gasteiger partial charge < -0.3 is 9.47 Å². The summed E-state index contributed by atoms with van der Waals surface area (Å²) in [5.41, 5.74) is 16.4. The molecule has 0 unspecified atom stereocenters. The van der Waals surface area contributed by atoms with E-state index in [-0.39, 0.29) is 0 Å². The zero-order valence-electron chi connectivity index (χ0n) is 38.3. The van der Waals surface area contributed by atoms with E-state index in [1.54, 1.807) is 0 Å². The van der Waals surface area contributed by atoms with E-state index in [0.717, 1.165) is 63.2 Å². The number of hydrogen-bond acceptors (Lipinski definition) is 4. The summed E-state index contributed by atoms with van der Waals surface area (Å²) in [6, 6.07) is 65.7. The van der Waals surface area contributed by atoms with Gasteiger partial charge in [-0.25, -0.2) is 0 Å². The summed E-state index contributed by atoms with van der Waals surface area (Å²) in [5.74, 6) is 0. The second kappa shape index (κ2) is 18.7. The van der Waals surface area contributed by atoms with Crippen LogP contribution in [0.2, 0.25) is 0 Å². The first-order chi connectivity index (χ1) is 33.6. The van der Waals surface area contributed by atoms with Crippen molar-refractivity contribution in [3.63, 3.8) is 0 Å². The van der Waals surface area contributed by atoms with Crippen molar-refractivity contribution in [2.24, 2.45) is 9.98 Å². The minimum absolute atomic E-state index is 0.543. The van der Waals surface area contributed by atoms with Crippen molar-refractivity contribution in [1.82, 2.24) is 4.57 Å². The van der Waals surface area contributed by atoms with Crippen LogP contribution in [0.3, 0.4) is 0 Å². The number of aromatic nitrogens is 1. The fourth-order valence-corrected chi connectivity index (χ4v) is 10.9. The van der Waals surface area contributed by atoms with E-state index in [4.69, 9.17) is 4.99 Å². The predicted molar refractivity (Wildman–Crippen MR) is 293 cm³/mol. The van der Waals surface area contributed by atoms with Gasteiger partial charge >= 0.3 is 0 Å². The van der Waals surface area contributed by atoms with E-state index in [2.05, 4.69) is 240 Å². The number of hydrogen-bond donors (Lipinski definition) is 0. The highest BCUT2D eigenvalue weighted by molar-refractivity contribution is 8.03. The first-order valence-electron chi connectivity index (χ1n) is 23.4. The molecule has 0 bridgehead atoms. The molecule has 9 aromatic rings. The highest BCUT2D eigenvalue weighted by Gasteiger charge is 2.28. The number of allylic oxidation sites excluding steroid dienone is 8. The Morgan fingerprint density at radius 1 is 0.662 bits per heavy atom. The second-order valence-corrected chi connectivity index (χ2v) is 18.3. The summed E-state index contributed by atoms with van der Waals surface area (Å²) in [5, 5.41) is 4.89. The average molecular weight is 895 g/mol. The van der Waals surface area contributed by atoms with Crippen LogP contribution in [0.15, 0.2) is 244 Å². The number of benzene rings is 8. The van der Waals surface area contributed by atoms with Gasteiger partial charge in [-0.15, -0.1) is 0 Å². The third-order valence-corrected chi connectivity index (χ3v) is 14.3. The summed E-state index contributed by atoms with van der Waals surface area (Å²) >= 11 is 1.92. The Morgan fingerprint density at radius 2 is 1.40 bits per heavy atom. The first kappa shape index (κ1) is 42.6. The van der Waals surface area contributed by atoms with E-state index in [0.29, 0.717) is 6.54 Å². The molecular weight excluding hydrogens is 845 g/mol. The third kappa shape index (κ3) is 8.05. The lowest BCUT2D eigenvalue weighted by atomic mass is 9.99. The molecule has 0 amide bonds. The van der Waals surface area contributed by atoms with Crippen molar-refractivity contribution in [3.8, 4) is 16.8 Å². The highest BCUT2D eigenvalue weighted by Crippen LogP contribution is 2.51. The molecule has 5 heteroatoms. The van der Waals surface area contributed by atoms with Gasteiger partial charge in [0.15, 0.2) is 0 Å². The molecular formula is C63H50N4S. The second-order valence-electron chi connectivity index (χ2n) is 17.2. The minimum atomic E-state index is 0.543. The van der Waals surface area contributed by atoms with Crippen LogP contribution in [0.1, 0.15) is 48.9 Å². The lowest BCUT2D eigenvalue weighted by Gasteiger charge is -2.35. The van der Waals surface area contributed by atoms with Crippen LogP contribution in [-0.2, 0) is 6.54 Å². The average Bonchev–Trinajstić information content (AvgIpc) is 3.74. The fraction of sp³-hybridized carbons (Fsp3) is 0.0794. The van der Waals surface area contributed by atoms with Gasteiger partial charge in [-0.05, 0) is 144 Å². The van der Waals surface area contributed by atoms with E-state index in [1.165, 1.54) is 65.1 Å². The van der Waals surface area contributed by atoms with Gasteiger partial charge in [-0.3, -0.25) is 9.98 Å². The smallest absolute Gasteiger partial charge is 0.0717 e. The summed E-state index contributed by atoms with van der Waals surface area (Å²) in [6.45, 7) is 8.76. The molecule has 1 aliphatic carbocycles. The molecule has 0 saturated carbocycles. The molecule has 2 aliphatic rings. The monoisotopic (exact) mass is 894 g/mol. The van der Waals surface area contributed by atoms with Crippen LogP contribution < -0.4 is 4.90 Å². The number of anilines is 2. The van der Waals surface area contributed by atoms with E-state index < -0.39 is 0 Å². The Kier molecular flexibility index (Phi) is 11.7. The van der Waals surface area contributed by atoms with Gasteiger partial charge in [0, 0.05) is 37.5 Å². The quantitative estimate of drug-likeness (QED) is 0.0957. The Balaban J connectivity index is 1.02. The van der Waals surface area contributed by atoms with Crippen LogP contribution in [0.4, 0.5) is 11.4 Å². The van der Waals surface area contributed by atoms with Crippen molar-refractivity contribution < 1.29 is 0 Å². The topological polar surface area (TPSA) is 32.9 Å². The predicted octanol–water partition coefficient (Wildman–Crippen LogP) is 17.1. The van der Waals surface area contributed by atoms with E-state index in [1.807, 2.05) is 24.8 Å². The number of rotatable bonds is 11. The van der Waals surface area contributed by atoms with E-state index in [9.17, 15) is 0 Å². The largest absolute Gasteiger partial charge is 0.309 e. The fourth-order valence-electron chi connectivity index (χ4n) is 9.76. The summed E-state index contributed by atoms with van der Waals surface area (Å²) in [7, 11) is 0. The molecule has 8 aromatic carbocycles. The number of thioether (sulfide) groups is 1. The molecule has 0 N–H and O–H groups in total. The SMILES string of the molecule is C=N/C(=C\C(=NCc1ccccc1)c1ccc(C(/C=C\C)=C/C)cc1)c1cccc(-n2c3ccc(-c4ccc5c(c4)N(c4ccccc4)C4=C(CCC=C4)S5)cc3c3c4ccccc4ccc32)c1. The molecule has 0 spiro atoms. The lowest BCUT2D eigenvalue weighted by molar-refractivity contribution is 0.969. The van der Waals surface area contributed by atoms with Crippen LogP contribution in [0, 0.1) is 0 Å². The maximum Gasteiger partial charge on any atom is 0.0717 e. The summed E-state index contributed by atoms with van der Waals surface area (Å²) < 4.78 is 2.40. The number of fused-ring (bicyclic) bond motifs is 6. The Hall–Kier alpha value is -7.99. The molecule has 1 aromatic heterocycles. The van der Waals surface area contributed by atoms with Gasteiger partial charge in [-0.2, -0.15) is 0 Å². The van der Waals surface area contributed by atoms with Crippen LogP contribution >= 0.6 is 11.8 Å². The molecule has 0 atom stereocenters. The van der Waals surface area contributed by atoms with Crippen molar-refractivity contribution in [2.75, 3.05) is 4.90 Å². The lowest BCUT2D eigenvalue weighted by Crippen LogP contribution is -2.21. The van der Waals surface area contributed by atoms with Gasteiger partial charge in [0.2, 0.25) is 0 Å². The zero-order valence-corrected chi connectivity index (χ0v) is 39.1. The molecule has 328 valence electrons. The van der Waals surface area contributed by atoms with Crippen molar-refractivity contribution in [2.45, 2.75) is 38.1 Å². The van der Waals surface area contributed by atoms with Crippen LogP contribution in [0.25, 0.3) is 60.7 Å². The molecule has 11 rings (SSSR count). The summed E-state index contributed by atoms with van der Waals surface area (Å²) in [4.78, 5) is 15.0. The molecule has 0 fully saturated rings. The van der Waals surface area contributed by atoms with Crippen molar-refractivity contribution in [1.29, 1.82) is 0 Å². The zero-order chi connectivity index (χ0) is 46.0. The third-order valence-electron chi connectivity index (χ3n) is 13.1. The van der Waals surface area contributed by atoms with Gasteiger partial charge in [0.1, 0.15) is 0 Å². The van der Waals surface area contributed by atoms with Crippen LogP contribution in [-0.4, -0.2) is 17.0 Å². The Bertz CT molecular complexity index is 3590. The number of para-hydroxylation sites is 1. The van der Waals surface area contributed by atoms with Gasteiger partial charge in [0.25, 0.3) is 0 Å². The van der Waals surface area contributed by atoms with Crippen LogP contribution in [0.5, 0.6) is 0 Å². The molecule has 0 saturated heterocycles. The normalized spacial score (nSPS) is 14.3. The molecule has 1 aliphatic heterocycles. The van der Waals surface area contributed by atoms with Crippen molar-refractivity contribution >= 4 is 79.4 Å². The minimum Gasteiger partial charge on any atom is -0.309 e. The van der Waals surface area contributed by atoms with Crippen molar-refractivity contribution in [3.05, 3.63) is 251 Å². The first-order valence-corrected chi connectivity index (χ1v) is 24.2. The molecule has 2 heterocycles. The number of nitrogens with zero attached hydrogens (tertiary/aromatic N) is 4. The highest BCUT2D eigenvalue weighted by atomic mass is 32.2. The van der Waals surface area contributed by atoms with Gasteiger partial charge in [-0.1, -0.05) is 163 Å². The molecule has 4 nitrogen and oxygen atoms in total. The molecule has 0 radical (unpaired) electrons. The maximum atomic E-state index is 5.20. The Labute approximate surface area is 403 Å². The summed E-state index contributed by atoms with van der Waals surface area (Å²) in [6.07, 6.45) is 15.2.